The Morgan fingerprint density at radius 2 is 1.67 bits per heavy atom. The molecule has 0 saturated carbocycles. The van der Waals surface area contributed by atoms with Gasteiger partial charge in [-0.05, 0) is 18.9 Å². The number of rotatable bonds is 2. The van der Waals surface area contributed by atoms with Crippen LogP contribution in [0, 0.1) is 6.92 Å². The molecule has 0 fully saturated rings. The van der Waals surface area contributed by atoms with Crippen LogP contribution in [0.3, 0.4) is 0 Å². The van der Waals surface area contributed by atoms with Gasteiger partial charge in [0.25, 0.3) is 0 Å². The van der Waals surface area contributed by atoms with E-state index in [0.717, 1.165) is 6.42 Å². The molecule has 0 bridgehead atoms. The van der Waals surface area contributed by atoms with E-state index in [1.807, 2.05) is 27.7 Å². The average Bonchev–Trinajstić information content (AvgIpc) is 2.32. The fourth-order valence-corrected chi connectivity index (χ4v) is 1.03. The molecule has 1 aromatic carbocycles. The van der Waals surface area contributed by atoms with Crippen LogP contribution in [-0.2, 0) is 0 Å². The highest BCUT2D eigenvalue weighted by Crippen LogP contribution is 2.05. The molecule has 0 radical (unpaired) electrons. The first kappa shape index (κ1) is 16.4. The van der Waals surface area contributed by atoms with Gasteiger partial charge in [0.1, 0.15) is 0 Å². The summed E-state index contributed by atoms with van der Waals surface area (Å²) in [6.45, 7) is 12.3. The van der Waals surface area contributed by atoms with Crippen molar-refractivity contribution in [3.05, 3.63) is 41.5 Å². The SMILES string of the molecule is CC.CC.CC/C=C/c1cccc(C)c1. The molecule has 0 amide bonds. The Labute approximate surface area is 96.0 Å². The van der Waals surface area contributed by atoms with Crippen LogP contribution >= 0.6 is 0 Å². The highest BCUT2D eigenvalue weighted by Gasteiger charge is 1.84. The second-order valence-corrected chi connectivity index (χ2v) is 2.72. The van der Waals surface area contributed by atoms with E-state index in [-0.39, 0.29) is 0 Å². The molecule has 0 aliphatic carbocycles. The van der Waals surface area contributed by atoms with E-state index in [9.17, 15) is 0 Å². The minimum absolute atomic E-state index is 1.11. The molecule has 0 aromatic heterocycles. The van der Waals surface area contributed by atoms with Gasteiger partial charge in [0.05, 0.1) is 0 Å². The minimum atomic E-state index is 1.11. The van der Waals surface area contributed by atoms with E-state index in [0.29, 0.717) is 0 Å². The highest BCUT2D eigenvalue weighted by atomic mass is 13.9. The first-order valence-electron chi connectivity index (χ1n) is 6.06. The van der Waals surface area contributed by atoms with Crippen molar-refractivity contribution in [1.82, 2.24) is 0 Å². The molecule has 1 aromatic rings. The Bertz CT molecular complexity index is 246. The molecule has 0 aliphatic rings. The standard InChI is InChI=1S/C11H14.2C2H6/c1-3-4-7-11-8-5-6-10(2)9-11;2*1-2/h4-9H,3H2,1-2H3;2*1-2H3/b7-4+;;. The molecule has 0 spiro atoms. The maximum atomic E-state index is 2.19. The molecule has 0 heteroatoms. The van der Waals surface area contributed by atoms with Crippen LogP contribution in [0.5, 0.6) is 0 Å². The zero-order valence-corrected chi connectivity index (χ0v) is 11.2. The maximum absolute atomic E-state index is 2.19. The van der Waals surface area contributed by atoms with Crippen molar-refractivity contribution in [2.75, 3.05) is 0 Å². The van der Waals surface area contributed by atoms with Crippen LogP contribution in [0.25, 0.3) is 6.08 Å². The van der Waals surface area contributed by atoms with Crippen molar-refractivity contribution < 1.29 is 0 Å². The van der Waals surface area contributed by atoms with Crippen LogP contribution in [0.2, 0.25) is 0 Å². The third-order valence-corrected chi connectivity index (χ3v) is 1.59. The Balaban J connectivity index is 0. The lowest BCUT2D eigenvalue weighted by Crippen LogP contribution is -1.73. The summed E-state index contributed by atoms with van der Waals surface area (Å²) in [5.41, 5.74) is 2.62. The third kappa shape index (κ3) is 9.27. The van der Waals surface area contributed by atoms with Gasteiger partial charge in [-0.1, -0.05) is 76.6 Å². The Hall–Kier alpha value is -1.04. The summed E-state index contributed by atoms with van der Waals surface area (Å²) in [5, 5.41) is 0. The molecule has 86 valence electrons. The van der Waals surface area contributed by atoms with Gasteiger partial charge in [-0.3, -0.25) is 0 Å². The smallest absolute Gasteiger partial charge is 0.0257 e. The van der Waals surface area contributed by atoms with Crippen LogP contribution < -0.4 is 0 Å². The number of allylic oxidation sites excluding steroid dienone is 1. The third-order valence-electron chi connectivity index (χ3n) is 1.59. The lowest BCUT2D eigenvalue weighted by atomic mass is 10.1. The largest absolute Gasteiger partial charge is 0.0842 e. The lowest BCUT2D eigenvalue weighted by Gasteiger charge is -1.93. The summed E-state index contributed by atoms with van der Waals surface area (Å²) in [6.07, 6.45) is 5.44. The van der Waals surface area contributed by atoms with Crippen molar-refractivity contribution in [2.24, 2.45) is 0 Å². The van der Waals surface area contributed by atoms with E-state index in [1.165, 1.54) is 11.1 Å². The summed E-state index contributed by atoms with van der Waals surface area (Å²) >= 11 is 0. The first-order chi connectivity index (χ1) is 7.33. The zero-order chi connectivity index (χ0) is 12.1. The molecule has 0 nitrogen and oxygen atoms in total. The van der Waals surface area contributed by atoms with Crippen molar-refractivity contribution in [1.29, 1.82) is 0 Å². The summed E-state index contributed by atoms with van der Waals surface area (Å²) < 4.78 is 0. The fraction of sp³-hybridized carbons (Fsp3) is 0.467. The van der Waals surface area contributed by atoms with Crippen LogP contribution in [0.1, 0.15) is 52.2 Å². The van der Waals surface area contributed by atoms with Gasteiger partial charge in [-0.2, -0.15) is 0 Å². The van der Waals surface area contributed by atoms with Crippen molar-refractivity contribution >= 4 is 6.08 Å². The van der Waals surface area contributed by atoms with Crippen molar-refractivity contribution in [3.8, 4) is 0 Å². The summed E-state index contributed by atoms with van der Waals surface area (Å²) in [5.74, 6) is 0. The molecule has 0 N–H and O–H groups in total. The predicted molar refractivity (Wildman–Crippen MR) is 73.2 cm³/mol. The van der Waals surface area contributed by atoms with Gasteiger partial charge in [0, 0.05) is 0 Å². The Kier molecular flexibility index (Phi) is 14.2. The molecule has 0 aliphatic heterocycles. The minimum Gasteiger partial charge on any atom is -0.0842 e. The van der Waals surface area contributed by atoms with E-state index in [4.69, 9.17) is 0 Å². The molecule has 0 atom stereocenters. The predicted octanol–water partition coefficient (Wildman–Crippen LogP) is 5.47. The van der Waals surface area contributed by atoms with E-state index in [2.05, 4.69) is 50.3 Å². The number of aryl methyl sites for hydroxylation is 1. The summed E-state index contributed by atoms with van der Waals surface area (Å²) in [7, 11) is 0. The van der Waals surface area contributed by atoms with Crippen LogP contribution in [-0.4, -0.2) is 0 Å². The first-order valence-corrected chi connectivity index (χ1v) is 6.06. The van der Waals surface area contributed by atoms with Crippen molar-refractivity contribution in [3.63, 3.8) is 0 Å². The van der Waals surface area contributed by atoms with Crippen LogP contribution in [0.4, 0.5) is 0 Å². The molecule has 0 saturated heterocycles. The maximum Gasteiger partial charge on any atom is -0.0257 e. The number of hydrogen-bond donors (Lipinski definition) is 0. The van der Waals surface area contributed by atoms with Gasteiger partial charge >= 0.3 is 0 Å². The monoisotopic (exact) mass is 206 g/mol. The molecular weight excluding hydrogens is 180 g/mol. The molecule has 0 heterocycles. The van der Waals surface area contributed by atoms with Crippen LogP contribution in [0.15, 0.2) is 30.3 Å². The average molecular weight is 206 g/mol. The number of hydrogen-bond acceptors (Lipinski definition) is 0. The van der Waals surface area contributed by atoms with Gasteiger partial charge in [0.15, 0.2) is 0 Å². The normalized spacial score (nSPS) is 8.67. The fourth-order valence-electron chi connectivity index (χ4n) is 1.03. The van der Waals surface area contributed by atoms with Gasteiger partial charge < -0.3 is 0 Å². The molecular formula is C15H26. The van der Waals surface area contributed by atoms with E-state index < -0.39 is 0 Å². The second kappa shape index (κ2) is 13.0. The highest BCUT2D eigenvalue weighted by molar-refractivity contribution is 5.49. The zero-order valence-electron chi connectivity index (χ0n) is 11.2. The van der Waals surface area contributed by atoms with Crippen molar-refractivity contribution in [2.45, 2.75) is 48.0 Å². The summed E-state index contributed by atoms with van der Waals surface area (Å²) in [6, 6.07) is 8.51. The van der Waals surface area contributed by atoms with E-state index in [1.54, 1.807) is 0 Å². The van der Waals surface area contributed by atoms with E-state index >= 15 is 0 Å². The van der Waals surface area contributed by atoms with Gasteiger partial charge in [0.2, 0.25) is 0 Å². The second-order valence-electron chi connectivity index (χ2n) is 2.72. The Morgan fingerprint density at radius 1 is 1.07 bits per heavy atom. The molecule has 15 heavy (non-hydrogen) atoms. The molecule has 0 unspecified atom stereocenters. The quantitative estimate of drug-likeness (QED) is 0.602. The lowest BCUT2D eigenvalue weighted by molar-refractivity contribution is 1.23. The topological polar surface area (TPSA) is 0 Å². The number of benzene rings is 1. The van der Waals surface area contributed by atoms with Gasteiger partial charge in [-0.15, -0.1) is 0 Å². The molecule has 1 rings (SSSR count). The summed E-state index contributed by atoms with van der Waals surface area (Å²) in [4.78, 5) is 0. The Morgan fingerprint density at radius 3 is 2.13 bits per heavy atom. The van der Waals surface area contributed by atoms with Gasteiger partial charge in [-0.25, -0.2) is 0 Å².